The second-order valence-corrected chi connectivity index (χ2v) is 4.76. The highest BCUT2D eigenvalue weighted by molar-refractivity contribution is 5.82. The third kappa shape index (κ3) is 2.82. The third-order valence-corrected chi connectivity index (χ3v) is 3.23. The molecule has 0 aliphatic carbocycles. The molecule has 3 rings (SSSR count). The number of para-hydroxylation sites is 2. The average molecular weight is 276 g/mol. The van der Waals surface area contributed by atoms with Gasteiger partial charge in [0.05, 0.1) is 0 Å². The summed E-state index contributed by atoms with van der Waals surface area (Å²) in [6, 6.07) is 22.9. The molecule has 0 spiro atoms. The van der Waals surface area contributed by atoms with Crippen LogP contribution in [0.4, 0.5) is 11.4 Å². The molecule has 3 nitrogen and oxygen atoms in total. The fourth-order valence-electron chi connectivity index (χ4n) is 2.20. The van der Waals surface area contributed by atoms with Crippen molar-refractivity contribution < 1.29 is 4.74 Å². The molecule has 3 heteroatoms. The van der Waals surface area contributed by atoms with E-state index in [2.05, 4.69) is 0 Å². The maximum atomic E-state index is 6.07. The molecule has 3 aromatic carbocycles. The molecule has 0 amide bonds. The van der Waals surface area contributed by atoms with Crippen molar-refractivity contribution in [2.24, 2.45) is 0 Å². The highest BCUT2D eigenvalue weighted by Crippen LogP contribution is 2.37. The predicted molar refractivity (Wildman–Crippen MR) is 87.2 cm³/mol. The number of anilines is 2. The van der Waals surface area contributed by atoms with Crippen LogP contribution in [0.15, 0.2) is 72.8 Å². The van der Waals surface area contributed by atoms with Gasteiger partial charge in [0.15, 0.2) is 0 Å². The van der Waals surface area contributed by atoms with Crippen molar-refractivity contribution in [2.75, 3.05) is 11.5 Å². The van der Waals surface area contributed by atoms with Crippen molar-refractivity contribution >= 4 is 11.4 Å². The van der Waals surface area contributed by atoms with Crippen LogP contribution in [0.2, 0.25) is 0 Å². The molecule has 0 heterocycles. The van der Waals surface area contributed by atoms with Crippen LogP contribution in [0.25, 0.3) is 11.1 Å². The maximum Gasteiger partial charge on any atom is 0.135 e. The molecule has 0 saturated carbocycles. The van der Waals surface area contributed by atoms with E-state index >= 15 is 0 Å². The summed E-state index contributed by atoms with van der Waals surface area (Å²) < 4.78 is 5.96. The zero-order chi connectivity index (χ0) is 14.7. The van der Waals surface area contributed by atoms with Crippen molar-refractivity contribution in [1.82, 2.24) is 0 Å². The maximum absolute atomic E-state index is 6.07. The van der Waals surface area contributed by atoms with Crippen molar-refractivity contribution in [3.05, 3.63) is 72.8 Å². The van der Waals surface area contributed by atoms with Crippen LogP contribution in [-0.4, -0.2) is 0 Å². The lowest BCUT2D eigenvalue weighted by atomic mass is 10.0. The molecular formula is C18H16N2O. The van der Waals surface area contributed by atoms with E-state index in [0.29, 0.717) is 11.4 Å². The zero-order valence-electron chi connectivity index (χ0n) is 11.5. The number of benzene rings is 3. The van der Waals surface area contributed by atoms with Crippen molar-refractivity contribution in [3.63, 3.8) is 0 Å². The van der Waals surface area contributed by atoms with Crippen LogP contribution in [0, 0.1) is 0 Å². The Bertz CT molecular complexity index is 754. The summed E-state index contributed by atoms with van der Waals surface area (Å²) >= 11 is 0. The van der Waals surface area contributed by atoms with Gasteiger partial charge in [-0.25, -0.2) is 0 Å². The average Bonchev–Trinajstić information content (AvgIpc) is 2.51. The minimum absolute atomic E-state index is 0.675. The van der Waals surface area contributed by atoms with Crippen LogP contribution in [0.1, 0.15) is 0 Å². The van der Waals surface area contributed by atoms with Gasteiger partial charge in [0, 0.05) is 22.5 Å². The number of nitrogens with two attached hydrogens (primary N) is 2. The second kappa shape index (κ2) is 5.59. The lowest BCUT2D eigenvalue weighted by Gasteiger charge is -2.13. The summed E-state index contributed by atoms with van der Waals surface area (Å²) in [7, 11) is 0. The van der Waals surface area contributed by atoms with Gasteiger partial charge in [-0.3, -0.25) is 0 Å². The largest absolute Gasteiger partial charge is 0.457 e. The van der Waals surface area contributed by atoms with Crippen LogP contribution in [0.5, 0.6) is 11.5 Å². The molecule has 0 bridgehead atoms. The van der Waals surface area contributed by atoms with Gasteiger partial charge in [-0.15, -0.1) is 0 Å². The Morgan fingerprint density at radius 1 is 0.667 bits per heavy atom. The molecule has 0 radical (unpaired) electrons. The Morgan fingerprint density at radius 3 is 2.14 bits per heavy atom. The molecule has 0 saturated heterocycles. The first kappa shape index (κ1) is 13.1. The van der Waals surface area contributed by atoms with Crippen molar-refractivity contribution in [1.29, 1.82) is 0 Å². The summed E-state index contributed by atoms with van der Waals surface area (Å²) in [6.45, 7) is 0. The third-order valence-electron chi connectivity index (χ3n) is 3.23. The Balaban J connectivity index is 2.08. The molecule has 0 fully saturated rings. The standard InChI is InChI=1S/C18H16N2O/c19-13-10-11-18(21-14-6-2-1-3-7-14)16(12-13)15-8-4-5-9-17(15)20/h1-12H,19-20H2. The molecular weight excluding hydrogens is 260 g/mol. The molecule has 0 atom stereocenters. The number of rotatable bonds is 3. The molecule has 0 aromatic heterocycles. The summed E-state index contributed by atoms with van der Waals surface area (Å²) in [5, 5.41) is 0. The Labute approximate surface area is 123 Å². The first-order valence-electron chi connectivity index (χ1n) is 6.71. The van der Waals surface area contributed by atoms with Crippen LogP contribution in [0.3, 0.4) is 0 Å². The molecule has 3 aromatic rings. The van der Waals surface area contributed by atoms with Crippen LogP contribution in [-0.2, 0) is 0 Å². The SMILES string of the molecule is Nc1ccc(Oc2ccccc2)c(-c2ccccc2N)c1. The van der Waals surface area contributed by atoms with Gasteiger partial charge in [-0.1, -0.05) is 36.4 Å². The second-order valence-electron chi connectivity index (χ2n) is 4.76. The topological polar surface area (TPSA) is 61.3 Å². The molecule has 21 heavy (non-hydrogen) atoms. The van der Waals surface area contributed by atoms with Crippen molar-refractivity contribution in [2.45, 2.75) is 0 Å². The van der Waals surface area contributed by atoms with Crippen LogP contribution >= 0.6 is 0 Å². The van der Waals surface area contributed by atoms with E-state index in [4.69, 9.17) is 16.2 Å². The van der Waals surface area contributed by atoms with E-state index in [0.717, 1.165) is 22.6 Å². The fourth-order valence-corrected chi connectivity index (χ4v) is 2.20. The Hall–Kier alpha value is -2.94. The monoisotopic (exact) mass is 276 g/mol. The minimum atomic E-state index is 0.675. The summed E-state index contributed by atoms with van der Waals surface area (Å²) in [5.74, 6) is 1.51. The van der Waals surface area contributed by atoms with Crippen LogP contribution < -0.4 is 16.2 Å². The van der Waals surface area contributed by atoms with E-state index in [-0.39, 0.29) is 0 Å². The number of nitrogen functional groups attached to an aromatic ring is 2. The quantitative estimate of drug-likeness (QED) is 0.701. The summed E-state index contributed by atoms with van der Waals surface area (Å²) in [6.07, 6.45) is 0. The number of hydrogen-bond donors (Lipinski definition) is 2. The van der Waals surface area contributed by atoms with E-state index in [1.165, 1.54) is 0 Å². The Kier molecular flexibility index (Phi) is 3.48. The molecule has 0 aliphatic heterocycles. The number of ether oxygens (including phenoxy) is 1. The van der Waals surface area contributed by atoms with Gasteiger partial charge in [0.2, 0.25) is 0 Å². The summed E-state index contributed by atoms with van der Waals surface area (Å²) in [5.41, 5.74) is 15.1. The van der Waals surface area contributed by atoms with Gasteiger partial charge in [-0.2, -0.15) is 0 Å². The van der Waals surface area contributed by atoms with E-state index < -0.39 is 0 Å². The molecule has 104 valence electrons. The normalized spacial score (nSPS) is 10.3. The first-order valence-corrected chi connectivity index (χ1v) is 6.71. The van der Waals surface area contributed by atoms with Gasteiger partial charge < -0.3 is 16.2 Å². The zero-order valence-corrected chi connectivity index (χ0v) is 11.5. The van der Waals surface area contributed by atoms with Gasteiger partial charge in [-0.05, 0) is 36.4 Å². The van der Waals surface area contributed by atoms with E-state index in [1.807, 2.05) is 72.8 Å². The van der Waals surface area contributed by atoms with Gasteiger partial charge in [0.25, 0.3) is 0 Å². The minimum Gasteiger partial charge on any atom is -0.457 e. The first-order chi connectivity index (χ1) is 10.2. The highest BCUT2D eigenvalue weighted by atomic mass is 16.5. The highest BCUT2D eigenvalue weighted by Gasteiger charge is 2.10. The Morgan fingerprint density at radius 2 is 1.38 bits per heavy atom. The molecule has 0 unspecified atom stereocenters. The smallest absolute Gasteiger partial charge is 0.135 e. The van der Waals surface area contributed by atoms with Gasteiger partial charge >= 0.3 is 0 Å². The van der Waals surface area contributed by atoms with E-state index in [9.17, 15) is 0 Å². The number of hydrogen-bond acceptors (Lipinski definition) is 3. The van der Waals surface area contributed by atoms with Gasteiger partial charge in [0.1, 0.15) is 11.5 Å². The molecule has 0 aliphatic rings. The van der Waals surface area contributed by atoms with E-state index in [1.54, 1.807) is 0 Å². The predicted octanol–water partition coefficient (Wildman–Crippen LogP) is 4.31. The fraction of sp³-hybridized carbons (Fsp3) is 0. The lowest BCUT2D eigenvalue weighted by Crippen LogP contribution is -1.94. The molecule has 4 N–H and O–H groups in total. The summed E-state index contributed by atoms with van der Waals surface area (Å²) in [4.78, 5) is 0. The van der Waals surface area contributed by atoms with Crippen molar-refractivity contribution in [3.8, 4) is 22.6 Å². The lowest BCUT2D eigenvalue weighted by molar-refractivity contribution is 0.484.